The molecule has 1 aliphatic rings. The molecule has 0 aliphatic heterocycles. The highest BCUT2D eigenvalue weighted by atomic mass is 28.3. The molecule has 1 fully saturated rings. The van der Waals surface area contributed by atoms with Crippen LogP contribution in [0, 0.1) is 5.92 Å². The minimum atomic E-state index is -1.11. The fourth-order valence-electron chi connectivity index (χ4n) is 4.44. The van der Waals surface area contributed by atoms with Gasteiger partial charge in [0.2, 0.25) is 0 Å². The summed E-state index contributed by atoms with van der Waals surface area (Å²) in [5.74, 6) is 1.60. The van der Waals surface area contributed by atoms with Crippen molar-refractivity contribution in [1.29, 1.82) is 0 Å². The lowest BCUT2D eigenvalue weighted by Gasteiger charge is -2.16. The van der Waals surface area contributed by atoms with E-state index >= 15 is 0 Å². The molecule has 0 radical (unpaired) electrons. The van der Waals surface area contributed by atoms with Crippen LogP contribution in [0.5, 0.6) is 0 Å². The number of ether oxygens (including phenoxy) is 1. The Morgan fingerprint density at radius 3 is 2.87 bits per heavy atom. The number of fused-ring (bicyclic) bond motifs is 3. The van der Waals surface area contributed by atoms with Crippen LogP contribution in [0.15, 0.2) is 23.6 Å². The van der Waals surface area contributed by atoms with Gasteiger partial charge in [-0.15, -0.1) is 10.2 Å². The molecule has 1 saturated carbocycles. The van der Waals surface area contributed by atoms with Crippen LogP contribution in [-0.2, 0) is 11.5 Å². The number of hydrogen-bond donors (Lipinski definition) is 0. The molecule has 0 N–H and O–H groups in total. The van der Waals surface area contributed by atoms with Crippen LogP contribution < -0.4 is 0 Å². The van der Waals surface area contributed by atoms with Gasteiger partial charge in [0.25, 0.3) is 0 Å². The van der Waals surface area contributed by atoms with Gasteiger partial charge < -0.3 is 9.30 Å². The maximum Gasteiger partial charge on any atom is 0.179 e. The number of hydrogen-bond acceptors (Lipinski definition) is 5. The monoisotopic (exact) mass is 426 g/mol. The first-order valence-corrected chi connectivity index (χ1v) is 14.4. The maximum atomic E-state index is 8.86. The van der Waals surface area contributed by atoms with Gasteiger partial charge in [-0.3, -0.25) is 4.40 Å². The fourth-order valence-corrected chi connectivity index (χ4v) is 5.20. The van der Waals surface area contributed by atoms with E-state index in [-0.39, 0.29) is 12.0 Å². The van der Waals surface area contributed by atoms with Gasteiger partial charge in [0.05, 0.1) is 11.7 Å². The third kappa shape index (κ3) is 4.07. The zero-order valence-electron chi connectivity index (χ0n) is 18.2. The molecule has 3 heterocycles. The van der Waals surface area contributed by atoms with Crippen molar-refractivity contribution in [2.45, 2.75) is 70.6 Å². The molecule has 3 aromatic heterocycles. The largest absolute Gasteiger partial charge is 0.361 e. The lowest BCUT2D eigenvalue weighted by molar-refractivity contribution is 0.0899. The second kappa shape index (κ2) is 8.37. The summed E-state index contributed by atoms with van der Waals surface area (Å²) in [5.41, 5.74) is 11.5. The van der Waals surface area contributed by atoms with E-state index in [1.165, 1.54) is 0 Å². The number of azide groups is 1. The molecule has 0 amide bonds. The van der Waals surface area contributed by atoms with Crippen LogP contribution in [0.2, 0.25) is 25.7 Å². The highest BCUT2D eigenvalue weighted by Crippen LogP contribution is 2.42. The van der Waals surface area contributed by atoms with E-state index in [1.54, 1.807) is 6.20 Å². The van der Waals surface area contributed by atoms with Crippen LogP contribution in [0.25, 0.3) is 27.3 Å². The summed E-state index contributed by atoms with van der Waals surface area (Å²) >= 11 is 0. The molecule has 0 saturated heterocycles. The van der Waals surface area contributed by atoms with Crippen molar-refractivity contribution in [2.24, 2.45) is 11.0 Å². The van der Waals surface area contributed by atoms with Gasteiger partial charge in [0.15, 0.2) is 11.3 Å². The summed E-state index contributed by atoms with van der Waals surface area (Å²) in [5, 5.41) is 12.9. The van der Waals surface area contributed by atoms with E-state index in [0.717, 1.165) is 54.5 Å². The average molecular weight is 427 g/mol. The van der Waals surface area contributed by atoms with E-state index < -0.39 is 8.07 Å². The van der Waals surface area contributed by atoms with Crippen molar-refractivity contribution in [1.82, 2.24) is 24.1 Å². The Morgan fingerprint density at radius 2 is 2.13 bits per heavy atom. The van der Waals surface area contributed by atoms with Crippen LogP contribution >= 0.6 is 0 Å². The van der Waals surface area contributed by atoms with Crippen molar-refractivity contribution in [3.05, 3.63) is 34.7 Å². The Morgan fingerprint density at radius 1 is 1.30 bits per heavy atom. The number of nitrogens with zero attached hydrogens (tertiary/aromatic N) is 8. The van der Waals surface area contributed by atoms with Gasteiger partial charge in [-0.25, -0.2) is 4.98 Å². The average Bonchev–Trinajstić information content (AvgIpc) is 3.40. The minimum Gasteiger partial charge on any atom is -0.361 e. The highest BCUT2D eigenvalue weighted by Gasteiger charge is 2.36. The molecular weight excluding hydrogens is 396 g/mol. The topological polar surface area (TPSA) is 106 Å². The molecule has 160 valence electrons. The first kappa shape index (κ1) is 20.8. The Balaban J connectivity index is 1.63. The molecule has 0 aromatic carbocycles. The zero-order chi connectivity index (χ0) is 21.3. The normalized spacial score (nSPS) is 22.1. The maximum absolute atomic E-state index is 8.86. The SMILES string of the molecule is CC[C@@H]1C[C@@H](N=[N+]=[N-])C[C@@H]1c1nnc2cnc3c(ccn3COCC[Si](C)(C)C)n12. The molecule has 3 atom stereocenters. The quantitative estimate of drug-likeness (QED) is 0.166. The van der Waals surface area contributed by atoms with Gasteiger partial charge >= 0.3 is 0 Å². The van der Waals surface area contributed by atoms with E-state index in [2.05, 4.69) is 62.2 Å². The Bertz CT molecular complexity index is 1080. The third-order valence-corrected chi connectivity index (χ3v) is 7.84. The van der Waals surface area contributed by atoms with Gasteiger partial charge in [-0.2, -0.15) is 0 Å². The second-order valence-electron chi connectivity index (χ2n) is 9.46. The summed E-state index contributed by atoms with van der Waals surface area (Å²) in [6.07, 6.45) is 6.54. The molecule has 3 aromatic rings. The van der Waals surface area contributed by atoms with Crippen LogP contribution in [0.4, 0.5) is 0 Å². The standard InChI is InChI=1S/C20H30N8OSi/c1-5-14-10-15(23-26-21)11-16(14)19-25-24-18-12-22-20-17(28(18)19)6-7-27(20)13-29-8-9-30(2,3)4/h6-7,12,14-16H,5,8-11,13H2,1-4H3/t14-,15-,16+/m1/s1. The summed E-state index contributed by atoms with van der Waals surface area (Å²) in [6.45, 7) is 10.5. The highest BCUT2D eigenvalue weighted by molar-refractivity contribution is 6.76. The number of rotatable bonds is 8. The van der Waals surface area contributed by atoms with Crippen LogP contribution in [0.1, 0.15) is 37.9 Å². The molecule has 0 unspecified atom stereocenters. The molecule has 0 spiro atoms. The van der Waals surface area contributed by atoms with E-state index in [1.807, 2.05) is 10.8 Å². The molecule has 0 bridgehead atoms. The zero-order valence-corrected chi connectivity index (χ0v) is 19.2. The lowest BCUT2D eigenvalue weighted by atomic mass is 9.93. The van der Waals surface area contributed by atoms with Crippen molar-refractivity contribution in [3.63, 3.8) is 0 Å². The van der Waals surface area contributed by atoms with Crippen molar-refractivity contribution in [2.75, 3.05) is 6.61 Å². The van der Waals surface area contributed by atoms with Gasteiger partial charge in [0, 0.05) is 37.7 Å². The van der Waals surface area contributed by atoms with Crippen LogP contribution in [-0.4, -0.2) is 44.9 Å². The number of aromatic nitrogens is 5. The first-order chi connectivity index (χ1) is 14.4. The summed E-state index contributed by atoms with van der Waals surface area (Å²) in [4.78, 5) is 7.65. The summed E-state index contributed by atoms with van der Waals surface area (Å²) < 4.78 is 10.1. The van der Waals surface area contributed by atoms with E-state index in [0.29, 0.717) is 12.6 Å². The molecule has 30 heavy (non-hydrogen) atoms. The Labute approximate surface area is 177 Å². The minimum absolute atomic E-state index is 0.0268. The third-order valence-electron chi connectivity index (χ3n) is 6.14. The molecule has 1 aliphatic carbocycles. The van der Waals surface area contributed by atoms with Gasteiger partial charge in [-0.05, 0) is 36.4 Å². The molecule has 9 nitrogen and oxygen atoms in total. The van der Waals surface area contributed by atoms with Crippen molar-refractivity contribution in [3.8, 4) is 0 Å². The fraction of sp³-hybridized carbons (Fsp3) is 0.650. The summed E-state index contributed by atoms with van der Waals surface area (Å²) in [6, 6.07) is 3.23. The van der Waals surface area contributed by atoms with Crippen molar-refractivity contribution < 1.29 is 4.74 Å². The predicted molar refractivity (Wildman–Crippen MR) is 119 cm³/mol. The summed E-state index contributed by atoms with van der Waals surface area (Å²) in [7, 11) is -1.11. The van der Waals surface area contributed by atoms with Gasteiger partial charge in [0.1, 0.15) is 12.6 Å². The van der Waals surface area contributed by atoms with Crippen molar-refractivity contribution >= 4 is 24.9 Å². The second-order valence-corrected chi connectivity index (χ2v) is 15.1. The van der Waals surface area contributed by atoms with E-state index in [9.17, 15) is 0 Å². The van der Waals surface area contributed by atoms with E-state index in [4.69, 9.17) is 10.3 Å². The van der Waals surface area contributed by atoms with Crippen LogP contribution in [0.3, 0.4) is 0 Å². The lowest BCUT2D eigenvalue weighted by Crippen LogP contribution is -2.22. The Hall–Kier alpha value is -2.42. The molecule has 10 heteroatoms. The molecular formula is C20H30N8OSi. The Kier molecular flexibility index (Phi) is 5.81. The predicted octanol–water partition coefficient (Wildman–Crippen LogP) is 4.97. The first-order valence-electron chi connectivity index (χ1n) is 10.7. The van der Waals surface area contributed by atoms with Gasteiger partial charge in [-0.1, -0.05) is 38.1 Å². The molecule has 4 rings (SSSR count). The smallest absolute Gasteiger partial charge is 0.179 e.